The fraction of sp³-hybridized carbons (Fsp3) is 0.167. The van der Waals surface area contributed by atoms with Crippen molar-refractivity contribution in [2.45, 2.75) is 13.8 Å². The van der Waals surface area contributed by atoms with Crippen LogP contribution in [0.2, 0.25) is 0 Å². The molecule has 0 spiro atoms. The van der Waals surface area contributed by atoms with Gasteiger partial charge in [-0.05, 0) is 38.0 Å². The molecule has 0 aromatic carbocycles. The van der Waals surface area contributed by atoms with E-state index < -0.39 is 0 Å². The highest BCUT2D eigenvalue weighted by atomic mass is 14.8. The van der Waals surface area contributed by atoms with Crippen molar-refractivity contribution in [3.05, 3.63) is 59.4 Å². The molecule has 0 amide bonds. The van der Waals surface area contributed by atoms with Gasteiger partial charge in [-0.15, -0.1) is 0 Å². The Balaban J connectivity index is 2.06. The van der Waals surface area contributed by atoms with Crippen molar-refractivity contribution >= 4 is 16.5 Å². The standard InChI is InChI=1S/C18H16N4/c1-12-8-17-14(9-21-13(2)18(17)11-20-12)4-5-15-6-7-16(19-3)10-22-15/h6-11,19H,1-3H3. The van der Waals surface area contributed by atoms with Crippen LogP contribution in [0.25, 0.3) is 10.8 Å². The minimum Gasteiger partial charge on any atom is -0.387 e. The number of aryl methyl sites for hydroxylation is 2. The first-order valence-corrected chi connectivity index (χ1v) is 7.05. The number of anilines is 1. The third-order valence-corrected chi connectivity index (χ3v) is 3.49. The highest BCUT2D eigenvalue weighted by Gasteiger charge is 2.04. The molecule has 0 saturated carbocycles. The van der Waals surface area contributed by atoms with Crippen molar-refractivity contribution in [1.82, 2.24) is 15.0 Å². The third kappa shape index (κ3) is 2.75. The smallest absolute Gasteiger partial charge is 0.113 e. The number of fused-ring (bicyclic) bond motifs is 1. The minimum atomic E-state index is 0.735. The first kappa shape index (κ1) is 14.0. The Kier molecular flexibility index (Phi) is 3.71. The van der Waals surface area contributed by atoms with E-state index in [-0.39, 0.29) is 0 Å². The summed E-state index contributed by atoms with van der Waals surface area (Å²) in [6.07, 6.45) is 5.44. The van der Waals surface area contributed by atoms with Gasteiger partial charge in [0.2, 0.25) is 0 Å². The molecule has 22 heavy (non-hydrogen) atoms. The SMILES string of the molecule is CNc1ccc(C#Cc2cnc(C)c3cnc(C)cc23)nc1. The molecule has 0 fully saturated rings. The molecule has 0 unspecified atom stereocenters. The quantitative estimate of drug-likeness (QED) is 0.699. The molecule has 3 rings (SSSR count). The van der Waals surface area contributed by atoms with Crippen LogP contribution in [-0.4, -0.2) is 22.0 Å². The Hall–Kier alpha value is -2.93. The van der Waals surface area contributed by atoms with Gasteiger partial charge < -0.3 is 5.32 Å². The summed E-state index contributed by atoms with van der Waals surface area (Å²) in [5.74, 6) is 6.27. The topological polar surface area (TPSA) is 50.7 Å². The van der Waals surface area contributed by atoms with Gasteiger partial charge in [-0.25, -0.2) is 4.98 Å². The van der Waals surface area contributed by atoms with Crippen LogP contribution in [0.5, 0.6) is 0 Å². The van der Waals surface area contributed by atoms with E-state index in [4.69, 9.17) is 0 Å². The number of rotatable bonds is 1. The molecular formula is C18H16N4. The average molecular weight is 288 g/mol. The second-order valence-corrected chi connectivity index (χ2v) is 5.06. The van der Waals surface area contributed by atoms with Crippen molar-refractivity contribution in [1.29, 1.82) is 0 Å². The molecule has 0 aliphatic heterocycles. The van der Waals surface area contributed by atoms with Crippen LogP contribution in [0.15, 0.2) is 36.8 Å². The molecule has 108 valence electrons. The lowest BCUT2D eigenvalue weighted by Crippen LogP contribution is -1.92. The zero-order valence-corrected chi connectivity index (χ0v) is 12.8. The third-order valence-electron chi connectivity index (χ3n) is 3.49. The van der Waals surface area contributed by atoms with Gasteiger partial charge in [0.1, 0.15) is 5.69 Å². The maximum Gasteiger partial charge on any atom is 0.113 e. The Morgan fingerprint density at radius 1 is 0.909 bits per heavy atom. The summed E-state index contributed by atoms with van der Waals surface area (Å²) >= 11 is 0. The fourth-order valence-corrected chi connectivity index (χ4v) is 2.22. The van der Waals surface area contributed by atoms with Gasteiger partial charge >= 0.3 is 0 Å². The predicted octanol–water partition coefficient (Wildman–Crippen LogP) is 3.08. The largest absolute Gasteiger partial charge is 0.387 e. The minimum absolute atomic E-state index is 0.735. The first-order valence-electron chi connectivity index (χ1n) is 7.05. The predicted molar refractivity (Wildman–Crippen MR) is 88.8 cm³/mol. The second kappa shape index (κ2) is 5.82. The Morgan fingerprint density at radius 2 is 1.77 bits per heavy atom. The Morgan fingerprint density at radius 3 is 2.50 bits per heavy atom. The number of aromatic nitrogens is 3. The molecule has 4 heteroatoms. The van der Waals surface area contributed by atoms with E-state index in [9.17, 15) is 0 Å². The highest BCUT2D eigenvalue weighted by molar-refractivity contribution is 5.89. The number of hydrogen-bond donors (Lipinski definition) is 1. The lowest BCUT2D eigenvalue weighted by atomic mass is 10.1. The normalized spacial score (nSPS) is 10.1. The van der Waals surface area contributed by atoms with Crippen LogP contribution in [0.1, 0.15) is 22.6 Å². The van der Waals surface area contributed by atoms with E-state index >= 15 is 0 Å². The summed E-state index contributed by atoms with van der Waals surface area (Å²) in [5, 5.41) is 5.16. The molecule has 3 aromatic rings. The van der Waals surface area contributed by atoms with Crippen molar-refractivity contribution < 1.29 is 0 Å². The molecule has 1 N–H and O–H groups in total. The summed E-state index contributed by atoms with van der Waals surface area (Å²) < 4.78 is 0. The molecule has 0 bridgehead atoms. The lowest BCUT2D eigenvalue weighted by Gasteiger charge is -2.04. The Bertz CT molecular complexity index is 887. The number of nitrogens with zero attached hydrogens (tertiary/aromatic N) is 3. The summed E-state index contributed by atoms with van der Waals surface area (Å²) in [6, 6.07) is 5.90. The monoisotopic (exact) mass is 288 g/mol. The molecule has 3 aromatic heterocycles. The maximum absolute atomic E-state index is 4.40. The molecule has 0 saturated heterocycles. The van der Waals surface area contributed by atoms with E-state index in [1.807, 2.05) is 51.5 Å². The zero-order chi connectivity index (χ0) is 15.5. The van der Waals surface area contributed by atoms with Crippen molar-refractivity contribution in [2.24, 2.45) is 0 Å². The van der Waals surface area contributed by atoms with Gasteiger partial charge in [0.05, 0.1) is 17.4 Å². The van der Waals surface area contributed by atoms with E-state index in [0.717, 1.165) is 39.1 Å². The van der Waals surface area contributed by atoms with Gasteiger partial charge in [-0.3, -0.25) is 9.97 Å². The van der Waals surface area contributed by atoms with Gasteiger partial charge in [-0.2, -0.15) is 0 Å². The molecule has 4 nitrogen and oxygen atoms in total. The average Bonchev–Trinajstić information content (AvgIpc) is 2.54. The first-order chi connectivity index (χ1) is 10.7. The van der Waals surface area contributed by atoms with Gasteiger partial charge in [0, 0.05) is 41.6 Å². The number of hydrogen-bond acceptors (Lipinski definition) is 4. The Labute approximate surface area is 129 Å². The summed E-state index contributed by atoms with van der Waals surface area (Å²) in [4.78, 5) is 13.1. The molecule has 0 radical (unpaired) electrons. The second-order valence-electron chi connectivity index (χ2n) is 5.06. The molecule has 3 heterocycles. The summed E-state index contributed by atoms with van der Waals surface area (Å²) in [5.41, 5.74) is 4.53. The van der Waals surface area contributed by atoms with Gasteiger partial charge in [0.15, 0.2) is 0 Å². The van der Waals surface area contributed by atoms with Crippen LogP contribution in [0.4, 0.5) is 5.69 Å². The van der Waals surface area contributed by atoms with Crippen molar-refractivity contribution in [3.8, 4) is 11.8 Å². The van der Waals surface area contributed by atoms with Gasteiger partial charge in [-0.1, -0.05) is 5.92 Å². The molecule has 0 aliphatic rings. The van der Waals surface area contributed by atoms with Crippen LogP contribution in [-0.2, 0) is 0 Å². The number of pyridine rings is 3. The maximum atomic E-state index is 4.40. The lowest BCUT2D eigenvalue weighted by molar-refractivity contribution is 1.18. The molecule has 0 aliphatic carbocycles. The van der Waals surface area contributed by atoms with Crippen LogP contribution >= 0.6 is 0 Å². The van der Waals surface area contributed by atoms with E-state index in [1.165, 1.54) is 0 Å². The highest BCUT2D eigenvalue weighted by Crippen LogP contribution is 2.20. The molecule has 0 atom stereocenters. The molecular weight excluding hydrogens is 272 g/mol. The van der Waals surface area contributed by atoms with Crippen LogP contribution in [0.3, 0.4) is 0 Å². The summed E-state index contributed by atoms with van der Waals surface area (Å²) in [7, 11) is 1.86. The van der Waals surface area contributed by atoms with Gasteiger partial charge in [0.25, 0.3) is 0 Å². The van der Waals surface area contributed by atoms with E-state index in [1.54, 1.807) is 6.20 Å². The zero-order valence-electron chi connectivity index (χ0n) is 12.8. The van der Waals surface area contributed by atoms with Crippen LogP contribution < -0.4 is 5.32 Å². The van der Waals surface area contributed by atoms with E-state index in [0.29, 0.717) is 0 Å². The van der Waals surface area contributed by atoms with Crippen molar-refractivity contribution in [2.75, 3.05) is 12.4 Å². The summed E-state index contributed by atoms with van der Waals surface area (Å²) in [6.45, 7) is 3.96. The fourth-order valence-electron chi connectivity index (χ4n) is 2.22. The van der Waals surface area contributed by atoms with Crippen molar-refractivity contribution in [3.63, 3.8) is 0 Å². The van der Waals surface area contributed by atoms with Crippen LogP contribution in [0, 0.1) is 25.7 Å². The van der Waals surface area contributed by atoms with E-state index in [2.05, 4.69) is 32.1 Å². The number of nitrogens with one attached hydrogen (secondary N) is 1.